The fourth-order valence-electron chi connectivity index (χ4n) is 2.74. The van der Waals surface area contributed by atoms with Crippen LogP contribution in [0.3, 0.4) is 0 Å². The van der Waals surface area contributed by atoms with Crippen molar-refractivity contribution in [1.82, 2.24) is 9.97 Å². The Hall–Kier alpha value is -3.50. The van der Waals surface area contributed by atoms with Gasteiger partial charge < -0.3 is 25.1 Å². The molecule has 29 heavy (non-hydrogen) atoms. The standard InChI is InChI=1S/C18H16F3N5O3/c1-17(2)15(27)24-11-7-9(3-4-12(11)29-17)23-16-25-10-5-6-28-13(10)14(26-16)22-8-18(19,20)21/h3-7H,8H2,1-2H3,(H,24,27)(H2,22,23,25,26). The maximum Gasteiger partial charge on any atom is 0.405 e. The third kappa shape index (κ3) is 3.89. The van der Waals surface area contributed by atoms with E-state index in [-0.39, 0.29) is 23.3 Å². The van der Waals surface area contributed by atoms with Gasteiger partial charge in [-0.15, -0.1) is 0 Å². The number of carbonyl (C=O) groups excluding carboxylic acids is 1. The number of nitrogens with zero attached hydrogens (tertiary/aromatic N) is 2. The van der Waals surface area contributed by atoms with Crippen LogP contribution < -0.4 is 20.7 Å². The lowest BCUT2D eigenvalue weighted by atomic mass is 10.1. The van der Waals surface area contributed by atoms with E-state index in [0.717, 1.165) is 0 Å². The molecule has 1 amide bonds. The van der Waals surface area contributed by atoms with Gasteiger partial charge in [0.25, 0.3) is 5.91 Å². The molecule has 2 aromatic heterocycles. The van der Waals surface area contributed by atoms with Gasteiger partial charge in [-0.3, -0.25) is 4.79 Å². The van der Waals surface area contributed by atoms with Crippen molar-refractivity contribution < 1.29 is 27.1 Å². The van der Waals surface area contributed by atoms with E-state index in [0.29, 0.717) is 22.6 Å². The van der Waals surface area contributed by atoms with Gasteiger partial charge in [-0.1, -0.05) is 0 Å². The number of hydrogen-bond donors (Lipinski definition) is 3. The van der Waals surface area contributed by atoms with Gasteiger partial charge in [-0.25, -0.2) is 4.98 Å². The van der Waals surface area contributed by atoms with Crippen LogP contribution in [0.25, 0.3) is 11.1 Å². The van der Waals surface area contributed by atoms with Gasteiger partial charge in [-0.2, -0.15) is 18.2 Å². The first-order valence-electron chi connectivity index (χ1n) is 8.58. The van der Waals surface area contributed by atoms with Crippen LogP contribution in [-0.2, 0) is 4.79 Å². The lowest BCUT2D eigenvalue weighted by Gasteiger charge is -2.31. The van der Waals surface area contributed by atoms with Crippen LogP contribution in [0.2, 0.25) is 0 Å². The molecular weight excluding hydrogens is 391 g/mol. The Bertz CT molecular complexity index is 1090. The molecule has 0 saturated heterocycles. The maximum atomic E-state index is 12.6. The number of rotatable bonds is 4. The number of nitrogens with one attached hydrogen (secondary N) is 3. The number of carbonyl (C=O) groups is 1. The summed E-state index contributed by atoms with van der Waals surface area (Å²) in [5.74, 6) is 0.179. The monoisotopic (exact) mass is 407 g/mol. The van der Waals surface area contributed by atoms with Crippen molar-refractivity contribution in [3.05, 3.63) is 30.5 Å². The van der Waals surface area contributed by atoms with E-state index in [4.69, 9.17) is 9.15 Å². The molecule has 1 aromatic carbocycles. The summed E-state index contributed by atoms with van der Waals surface area (Å²) in [4.78, 5) is 20.4. The van der Waals surface area contributed by atoms with Crippen LogP contribution in [0.5, 0.6) is 5.75 Å². The number of ether oxygens (including phenoxy) is 1. The van der Waals surface area contributed by atoms with Gasteiger partial charge in [0.05, 0.1) is 12.0 Å². The van der Waals surface area contributed by atoms with Crippen LogP contribution in [-0.4, -0.2) is 34.2 Å². The van der Waals surface area contributed by atoms with Crippen LogP contribution in [0.15, 0.2) is 34.9 Å². The van der Waals surface area contributed by atoms with Gasteiger partial charge in [0.1, 0.15) is 17.8 Å². The Morgan fingerprint density at radius 3 is 2.76 bits per heavy atom. The Morgan fingerprint density at radius 2 is 2.00 bits per heavy atom. The molecule has 3 N–H and O–H groups in total. The second-order valence-corrected chi connectivity index (χ2v) is 6.90. The van der Waals surface area contributed by atoms with E-state index in [2.05, 4.69) is 25.9 Å². The first-order valence-corrected chi connectivity index (χ1v) is 8.58. The third-order valence-corrected chi connectivity index (χ3v) is 4.16. The molecule has 3 heterocycles. The van der Waals surface area contributed by atoms with Crippen molar-refractivity contribution in [2.24, 2.45) is 0 Å². The zero-order chi connectivity index (χ0) is 20.8. The molecule has 1 aliphatic heterocycles. The lowest BCUT2D eigenvalue weighted by Crippen LogP contribution is -2.45. The van der Waals surface area contributed by atoms with Crippen molar-refractivity contribution in [3.8, 4) is 5.75 Å². The van der Waals surface area contributed by atoms with Crippen LogP contribution in [0.1, 0.15) is 13.8 Å². The van der Waals surface area contributed by atoms with Gasteiger partial charge in [0.2, 0.25) is 5.95 Å². The molecule has 152 valence electrons. The summed E-state index contributed by atoms with van der Waals surface area (Å²) in [6, 6.07) is 6.48. The highest BCUT2D eigenvalue weighted by molar-refractivity contribution is 6.00. The number of halogens is 3. The highest BCUT2D eigenvalue weighted by atomic mass is 19.4. The molecule has 0 bridgehead atoms. The molecule has 0 spiro atoms. The lowest BCUT2D eigenvalue weighted by molar-refractivity contribution is -0.129. The van der Waals surface area contributed by atoms with E-state index in [1.54, 1.807) is 32.0 Å². The summed E-state index contributed by atoms with van der Waals surface area (Å²) < 4.78 is 48.5. The minimum atomic E-state index is -4.41. The number of amides is 1. The Morgan fingerprint density at radius 1 is 1.21 bits per heavy atom. The Balaban J connectivity index is 1.61. The zero-order valence-corrected chi connectivity index (χ0v) is 15.3. The summed E-state index contributed by atoms with van der Waals surface area (Å²) in [6.07, 6.45) is -3.10. The number of anilines is 4. The number of alkyl halides is 3. The first-order chi connectivity index (χ1) is 13.6. The van der Waals surface area contributed by atoms with E-state index in [1.807, 2.05) is 0 Å². The number of fused-ring (bicyclic) bond motifs is 2. The van der Waals surface area contributed by atoms with Gasteiger partial charge >= 0.3 is 6.18 Å². The second-order valence-electron chi connectivity index (χ2n) is 6.90. The van der Waals surface area contributed by atoms with Crippen molar-refractivity contribution in [1.29, 1.82) is 0 Å². The summed E-state index contributed by atoms with van der Waals surface area (Å²) in [6.45, 7) is 2.04. The SMILES string of the molecule is CC1(C)Oc2ccc(Nc3nc(NCC(F)(F)F)c4occc4n3)cc2NC1=O. The highest BCUT2D eigenvalue weighted by Gasteiger charge is 2.35. The number of hydrogen-bond acceptors (Lipinski definition) is 7. The number of furan rings is 1. The summed E-state index contributed by atoms with van der Waals surface area (Å²) in [5, 5.41) is 7.89. The Kier molecular flexibility index (Phi) is 4.25. The molecule has 3 aromatic rings. The normalized spacial score (nSPS) is 15.4. The quantitative estimate of drug-likeness (QED) is 0.600. The molecule has 0 saturated carbocycles. The molecule has 1 aliphatic rings. The van der Waals surface area contributed by atoms with Crippen molar-refractivity contribution >= 4 is 40.1 Å². The fourth-order valence-corrected chi connectivity index (χ4v) is 2.74. The van der Waals surface area contributed by atoms with Gasteiger partial charge in [-0.05, 0) is 32.0 Å². The highest BCUT2D eigenvalue weighted by Crippen LogP contribution is 2.36. The van der Waals surface area contributed by atoms with Crippen molar-refractivity contribution in [2.75, 3.05) is 22.5 Å². The molecule has 0 aliphatic carbocycles. The molecule has 0 fully saturated rings. The van der Waals surface area contributed by atoms with Crippen LogP contribution in [0, 0.1) is 0 Å². The van der Waals surface area contributed by atoms with Crippen molar-refractivity contribution in [3.63, 3.8) is 0 Å². The van der Waals surface area contributed by atoms with E-state index < -0.39 is 18.3 Å². The molecular formula is C18H16F3N5O3. The molecule has 0 unspecified atom stereocenters. The predicted molar refractivity (Wildman–Crippen MR) is 99.4 cm³/mol. The Labute approximate surface area is 162 Å². The number of aromatic nitrogens is 2. The third-order valence-electron chi connectivity index (χ3n) is 4.16. The summed E-state index contributed by atoms with van der Waals surface area (Å²) >= 11 is 0. The molecule has 0 radical (unpaired) electrons. The van der Waals surface area contributed by atoms with E-state index in [9.17, 15) is 18.0 Å². The average molecular weight is 407 g/mol. The van der Waals surface area contributed by atoms with E-state index in [1.165, 1.54) is 12.3 Å². The molecule has 11 heteroatoms. The van der Waals surface area contributed by atoms with Gasteiger partial charge in [0, 0.05) is 11.8 Å². The predicted octanol–water partition coefficient (Wildman–Crippen LogP) is 4.05. The molecule has 8 nitrogen and oxygen atoms in total. The fraction of sp³-hybridized carbons (Fsp3) is 0.278. The first kappa shape index (κ1) is 18.8. The smallest absolute Gasteiger partial charge is 0.405 e. The largest absolute Gasteiger partial charge is 0.476 e. The molecule has 4 rings (SSSR count). The van der Waals surface area contributed by atoms with Gasteiger partial charge in [0.15, 0.2) is 17.0 Å². The summed E-state index contributed by atoms with van der Waals surface area (Å²) in [5.41, 5.74) is 0.434. The second kappa shape index (κ2) is 6.54. The minimum Gasteiger partial charge on any atom is -0.476 e. The average Bonchev–Trinajstić information content (AvgIpc) is 3.09. The van der Waals surface area contributed by atoms with Crippen LogP contribution >= 0.6 is 0 Å². The van der Waals surface area contributed by atoms with E-state index >= 15 is 0 Å². The number of benzene rings is 1. The zero-order valence-electron chi connectivity index (χ0n) is 15.3. The molecule has 0 atom stereocenters. The summed E-state index contributed by atoms with van der Waals surface area (Å²) in [7, 11) is 0. The maximum absolute atomic E-state index is 12.6. The minimum absolute atomic E-state index is 0.0620. The van der Waals surface area contributed by atoms with Crippen LogP contribution in [0.4, 0.5) is 36.3 Å². The van der Waals surface area contributed by atoms with Crippen molar-refractivity contribution in [2.45, 2.75) is 25.6 Å². The topological polar surface area (TPSA) is 101 Å².